The first kappa shape index (κ1) is 42.8. The van der Waals surface area contributed by atoms with Crippen molar-refractivity contribution in [3.05, 3.63) is 115 Å². The number of hydrogen-bond donors (Lipinski definition) is 1. The molecule has 53 heavy (non-hydrogen) atoms. The fraction of sp³-hybridized carbons (Fsp3) is 0.351. The van der Waals surface area contributed by atoms with Gasteiger partial charge >= 0.3 is 24.0 Å². The highest BCUT2D eigenvalue weighted by Crippen LogP contribution is 2.35. The molecular formula is C37H40Br2F3N3O8. The molecule has 0 aliphatic heterocycles. The van der Waals surface area contributed by atoms with Crippen LogP contribution in [0.15, 0.2) is 63.8 Å². The standard InChI is InChI=1S/C24H29Br2FN2O6.C13H11F2NO2/c1-6-33-18(30)14-28(23(32)35-24(3,4)5)13-17-19(22(31)34-7-2)20(25)21(26)29(17)12-15-8-10-16(27)11-9-15;1-8-10(13(17)18)4-5-16(8)7-9-2-3-11(14)12(15)6-9/h8-11H,6-7,12-14H2,1-5H3;2-6H,7H2,1H3,(H,17,18). The molecular weight excluding hydrogens is 831 g/mol. The molecule has 0 atom stereocenters. The lowest BCUT2D eigenvalue weighted by molar-refractivity contribution is -0.144. The van der Waals surface area contributed by atoms with Crippen molar-refractivity contribution in [1.29, 1.82) is 0 Å². The molecule has 0 unspecified atom stereocenters. The quantitative estimate of drug-likeness (QED) is 0.111. The van der Waals surface area contributed by atoms with Gasteiger partial charge in [-0.05, 0) is 115 Å². The SMILES string of the molecule is CCOC(=O)CN(Cc1c(C(=O)OCC)c(Br)c(Br)n1Cc1ccc(F)cc1)C(=O)OC(C)(C)C.Cc1c(C(=O)O)ccn1Cc1ccc(F)c(F)c1. The fourth-order valence-electron chi connectivity index (χ4n) is 4.95. The summed E-state index contributed by atoms with van der Waals surface area (Å²) in [7, 11) is 0. The molecule has 1 N–H and O–H groups in total. The van der Waals surface area contributed by atoms with Gasteiger partial charge in [-0.3, -0.25) is 9.69 Å². The summed E-state index contributed by atoms with van der Waals surface area (Å²) in [6.07, 6.45) is 0.863. The van der Waals surface area contributed by atoms with E-state index in [1.165, 1.54) is 29.2 Å². The van der Waals surface area contributed by atoms with Crippen molar-refractivity contribution in [1.82, 2.24) is 14.0 Å². The molecule has 4 aromatic rings. The van der Waals surface area contributed by atoms with E-state index >= 15 is 0 Å². The molecule has 0 saturated carbocycles. The Labute approximate surface area is 321 Å². The summed E-state index contributed by atoms with van der Waals surface area (Å²) in [5.74, 6) is -4.40. The van der Waals surface area contributed by atoms with Crippen LogP contribution < -0.4 is 0 Å². The maximum absolute atomic E-state index is 13.4. The average Bonchev–Trinajstić information content (AvgIpc) is 3.54. The van der Waals surface area contributed by atoms with E-state index in [0.29, 0.717) is 32.6 Å². The van der Waals surface area contributed by atoms with Crippen LogP contribution in [-0.2, 0) is 38.6 Å². The lowest BCUT2D eigenvalue weighted by Gasteiger charge is -2.27. The van der Waals surface area contributed by atoms with E-state index in [4.69, 9.17) is 19.3 Å². The Morgan fingerprint density at radius 1 is 0.868 bits per heavy atom. The molecule has 0 bridgehead atoms. The number of amides is 1. The molecule has 16 heteroatoms. The first-order valence-corrected chi connectivity index (χ1v) is 17.9. The second-order valence-electron chi connectivity index (χ2n) is 12.5. The van der Waals surface area contributed by atoms with Crippen molar-refractivity contribution in [2.45, 2.75) is 66.8 Å². The van der Waals surface area contributed by atoms with E-state index < -0.39 is 41.2 Å². The van der Waals surface area contributed by atoms with Gasteiger partial charge in [0.2, 0.25) is 0 Å². The lowest BCUT2D eigenvalue weighted by Crippen LogP contribution is -2.40. The van der Waals surface area contributed by atoms with Crippen LogP contribution in [0.3, 0.4) is 0 Å². The molecule has 0 aliphatic carbocycles. The van der Waals surface area contributed by atoms with Gasteiger partial charge in [-0.15, -0.1) is 0 Å². The van der Waals surface area contributed by atoms with Crippen LogP contribution in [0.4, 0.5) is 18.0 Å². The Morgan fingerprint density at radius 3 is 2.04 bits per heavy atom. The predicted molar refractivity (Wildman–Crippen MR) is 196 cm³/mol. The molecule has 4 rings (SSSR count). The highest BCUT2D eigenvalue weighted by molar-refractivity contribution is 9.13. The maximum atomic E-state index is 13.4. The smallest absolute Gasteiger partial charge is 0.411 e. The fourth-order valence-corrected chi connectivity index (χ4v) is 6.09. The van der Waals surface area contributed by atoms with Crippen molar-refractivity contribution in [3.63, 3.8) is 0 Å². The molecule has 0 saturated heterocycles. The number of carboxylic acid groups (broad SMARTS) is 1. The summed E-state index contributed by atoms with van der Waals surface area (Å²) >= 11 is 6.95. The number of aromatic carboxylic acids is 1. The maximum Gasteiger partial charge on any atom is 0.411 e. The van der Waals surface area contributed by atoms with Crippen molar-refractivity contribution in [2.75, 3.05) is 19.8 Å². The summed E-state index contributed by atoms with van der Waals surface area (Å²) < 4.78 is 59.4. The highest BCUT2D eigenvalue weighted by Gasteiger charge is 2.31. The number of hydrogen-bond acceptors (Lipinski definition) is 7. The van der Waals surface area contributed by atoms with Crippen molar-refractivity contribution >= 4 is 55.9 Å². The van der Waals surface area contributed by atoms with Crippen molar-refractivity contribution in [2.24, 2.45) is 0 Å². The van der Waals surface area contributed by atoms with Gasteiger partial charge in [0, 0.05) is 25.0 Å². The van der Waals surface area contributed by atoms with E-state index in [0.717, 1.165) is 17.7 Å². The zero-order valence-corrected chi connectivity index (χ0v) is 33.1. The minimum atomic E-state index is -1.00. The number of rotatable bonds is 12. The summed E-state index contributed by atoms with van der Waals surface area (Å²) in [4.78, 5) is 50.2. The summed E-state index contributed by atoms with van der Waals surface area (Å²) in [6.45, 7) is 10.4. The Kier molecular flexibility index (Phi) is 15.3. The molecule has 11 nitrogen and oxygen atoms in total. The minimum Gasteiger partial charge on any atom is -0.478 e. The molecule has 0 spiro atoms. The molecule has 0 radical (unpaired) electrons. The summed E-state index contributed by atoms with van der Waals surface area (Å²) in [5.41, 5.74) is 1.88. The highest BCUT2D eigenvalue weighted by atomic mass is 79.9. The van der Waals surface area contributed by atoms with Crippen LogP contribution in [-0.4, -0.2) is 68.5 Å². The van der Waals surface area contributed by atoms with E-state index in [9.17, 15) is 32.3 Å². The van der Waals surface area contributed by atoms with Gasteiger partial charge in [0.1, 0.15) is 22.6 Å². The van der Waals surface area contributed by atoms with Gasteiger partial charge in [-0.2, -0.15) is 0 Å². The number of carbonyl (C=O) groups excluding carboxylic acids is 3. The Hall–Kier alpha value is -4.57. The number of nitrogens with zero attached hydrogens (tertiary/aromatic N) is 3. The third kappa shape index (κ3) is 12.0. The van der Waals surface area contributed by atoms with Crippen LogP contribution in [0, 0.1) is 24.4 Å². The van der Waals surface area contributed by atoms with E-state index in [1.54, 1.807) is 69.0 Å². The zero-order valence-electron chi connectivity index (χ0n) is 30.0. The number of aromatic nitrogens is 2. The normalized spacial score (nSPS) is 11.0. The monoisotopic (exact) mass is 869 g/mol. The topological polar surface area (TPSA) is 129 Å². The number of esters is 2. The minimum absolute atomic E-state index is 0.143. The second-order valence-corrected chi connectivity index (χ2v) is 14.0. The molecule has 286 valence electrons. The van der Waals surface area contributed by atoms with Crippen molar-refractivity contribution in [3.8, 4) is 0 Å². The number of ether oxygens (including phenoxy) is 3. The van der Waals surface area contributed by atoms with Crippen LogP contribution in [0.1, 0.15) is 77.8 Å². The number of halogens is 5. The van der Waals surface area contributed by atoms with Gasteiger partial charge in [0.05, 0.1) is 41.1 Å². The van der Waals surface area contributed by atoms with E-state index in [1.807, 2.05) is 0 Å². The molecule has 2 heterocycles. The molecule has 0 fully saturated rings. The molecule has 2 aromatic heterocycles. The second kappa shape index (κ2) is 19.0. The first-order chi connectivity index (χ1) is 24.9. The number of benzene rings is 2. The van der Waals surface area contributed by atoms with Crippen LogP contribution in [0.5, 0.6) is 0 Å². The third-order valence-corrected chi connectivity index (χ3v) is 9.54. The molecule has 0 aliphatic rings. The van der Waals surface area contributed by atoms with Gasteiger partial charge in [-0.1, -0.05) is 18.2 Å². The van der Waals surface area contributed by atoms with Crippen molar-refractivity contribution < 1.29 is 51.7 Å². The van der Waals surface area contributed by atoms with Gasteiger partial charge in [-0.25, -0.2) is 27.6 Å². The third-order valence-electron chi connectivity index (χ3n) is 7.41. The van der Waals surface area contributed by atoms with Crippen LogP contribution in [0.25, 0.3) is 0 Å². The number of carbonyl (C=O) groups is 4. The Balaban J connectivity index is 0.000000350. The lowest BCUT2D eigenvalue weighted by atomic mass is 10.2. The van der Waals surface area contributed by atoms with Gasteiger partial charge in [0.15, 0.2) is 11.6 Å². The Morgan fingerprint density at radius 2 is 1.49 bits per heavy atom. The summed E-state index contributed by atoms with van der Waals surface area (Å²) in [6, 6.07) is 11.0. The first-order valence-electron chi connectivity index (χ1n) is 16.3. The number of carboxylic acids is 1. The van der Waals surface area contributed by atoms with Gasteiger partial charge in [0.25, 0.3) is 0 Å². The zero-order chi connectivity index (χ0) is 39.6. The Bertz CT molecular complexity index is 1940. The van der Waals surface area contributed by atoms with E-state index in [2.05, 4.69) is 31.9 Å². The molecule has 2 aromatic carbocycles. The predicted octanol–water partition coefficient (Wildman–Crippen LogP) is 8.50. The van der Waals surface area contributed by atoms with Gasteiger partial charge < -0.3 is 28.5 Å². The summed E-state index contributed by atoms with van der Waals surface area (Å²) in [5, 5.41) is 8.90. The molecule has 1 amide bonds. The van der Waals surface area contributed by atoms with Crippen LogP contribution >= 0.6 is 31.9 Å². The largest absolute Gasteiger partial charge is 0.478 e. The van der Waals surface area contributed by atoms with E-state index in [-0.39, 0.29) is 49.8 Å². The van der Waals surface area contributed by atoms with Crippen LogP contribution in [0.2, 0.25) is 0 Å². The average molecular weight is 872 g/mol.